The monoisotopic (exact) mass is 373 g/mol. The minimum Gasteiger partial charge on any atom is -0.462 e. The maximum Gasteiger partial charge on any atom is 0.338 e. The van der Waals surface area contributed by atoms with E-state index in [0.717, 1.165) is 22.4 Å². The van der Waals surface area contributed by atoms with Crippen molar-refractivity contribution >= 4 is 28.5 Å². The van der Waals surface area contributed by atoms with Gasteiger partial charge in [-0.3, -0.25) is 0 Å². The van der Waals surface area contributed by atoms with Crippen LogP contribution in [0.5, 0.6) is 0 Å². The molecule has 4 rings (SSSR count). The average Bonchev–Trinajstić information content (AvgIpc) is 3.13. The van der Waals surface area contributed by atoms with Gasteiger partial charge in [0, 0.05) is 5.69 Å². The van der Waals surface area contributed by atoms with Gasteiger partial charge in [0.15, 0.2) is 5.65 Å². The lowest BCUT2D eigenvalue weighted by Gasteiger charge is -2.09. The molecule has 4 aromatic rings. The normalized spacial score (nSPS) is 10.8. The number of nitrogens with zero attached hydrogens (tertiary/aromatic N) is 4. The molecule has 0 aliphatic rings. The van der Waals surface area contributed by atoms with Crippen LogP contribution in [-0.2, 0) is 4.74 Å². The molecule has 0 radical (unpaired) electrons. The third-order valence-electron chi connectivity index (χ3n) is 4.20. The lowest BCUT2D eigenvalue weighted by atomic mass is 10.2. The Morgan fingerprint density at radius 3 is 2.54 bits per heavy atom. The fraction of sp³-hybridized carbons (Fsp3) is 0.143. The van der Waals surface area contributed by atoms with E-state index < -0.39 is 0 Å². The number of benzene rings is 2. The number of aryl methyl sites for hydroxylation is 1. The first-order valence-electron chi connectivity index (χ1n) is 8.97. The standard InChI is InChI=1S/C21H19N5O2/c1-3-28-21(27)15-9-11-16(12-10-15)25-19-18-13-22-26(17-7-5-4-6-8-17)20(18)24-14(2)23-19/h4-13H,3H2,1-2H3,(H,23,24,25). The van der Waals surface area contributed by atoms with Gasteiger partial charge in [0.05, 0.1) is 29.4 Å². The Morgan fingerprint density at radius 2 is 1.82 bits per heavy atom. The molecule has 0 aliphatic carbocycles. The molecular formula is C21H19N5O2. The minimum atomic E-state index is -0.335. The van der Waals surface area contributed by atoms with Gasteiger partial charge >= 0.3 is 5.97 Å². The molecule has 0 bridgehead atoms. The van der Waals surface area contributed by atoms with E-state index in [0.29, 0.717) is 23.8 Å². The van der Waals surface area contributed by atoms with Crippen molar-refractivity contribution in [3.05, 3.63) is 72.2 Å². The van der Waals surface area contributed by atoms with Crippen molar-refractivity contribution < 1.29 is 9.53 Å². The number of rotatable bonds is 5. The van der Waals surface area contributed by atoms with Gasteiger partial charge in [-0.15, -0.1) is 0 Å². The molecule has 7 nitrogen and oxygen atoms in total. The number of hydrogen-bond acceptors (Lipinski definition) is 6. The highest BCUT2D eigenvalue weighted by Crippen LogP contribution is 2.25. The first kappa shape index (κ1) is 17.7. The van der Waals surface area contributed by atoms with Gasteiger partial charge in [0.2, 0.25) is 0 Å². The number of anilines is 2. The van der Waals surface area contributed by atoms with Crippen molar-refractivity contribution in [3.63, 3.8) is 0 Å². The Balaban J connectivity index is 1.68. The minimum absolute atomic E-state index is 0.335. The maximum absolute atomic E-state index is 11.8. The van der Waals surface area contributed by atoms with Crippen LogP contribution in [0.25, 0.3) is 16.7 Å². The van der Waals surface area contributed by atoms with Crippen LogP contribution in [0.15, 0.2) is 60.8 Å². The molecule has 0 amide bonds. The molecule has 0 fully saturated rings. The van der Waals surface area contributed by atoms with Gasteiger partial charge in [-0.25, -0.2) is 19.4 Å². The fourth-order valence-electron chi connectivity index (χ4n) is 2.91. The summed E-state index contributed by atoms with van der Waals surface area (Å²) >= 11 is 0. The zero-order valence-electron chi connectivity index (χ0n) is 15.6. The molecule has 28 heavy (non-hydrogen) atoms. The second-order valence-corrected chi connectivity index (χ2v) is 6.17. The Bertz CT molecular complexity index is 1120. The van der Waals surface area contributed by atoms with Crippen LogP contribution >= 0.6 is 0 Å². The van der Waals surface area contributed by atoms with Crippen LogP contribution < -0.4 is 5.32 Å². The smallest absolute Gasteiger partial charge is 0.338 e. The summed E-state index contributed by atoms with van der Waals surface area (Å²) in [7, 11) is 0. The highest BCUT2D eigenvalue weighted by atomic mass is 16.5. The quantitative estimate of drug-likeness (QED) is 0.532. The number of aromatic nitrogens is 4. The van der Waals surface area contributed by atoms with Gasteiger partial charge in [0.25, 0.3) is 0 Å². The van der Waals surface area contributed by atoms with Crippen LogP contribution in [0.1, 0.15) is 23.1 Å². The molecule has 2 aromatic carbocycles. The second kappa shape index (κ2) is 7.48. The third kappa shape index (κ3) is 3.42. The number of carbonyl (C=O) groups is 1. The molecule has 0 unspecified atom stereocenters. The summed E-state index contributed by atoms with van der Waals surface area (Å²) in [6.45, 7) is 3.98. The number of ether oxygens (including phenoxy) is 1. The number of para-hydroxylation sites is 1. The van der Waals surface area contributed by atoms with E-state index in [-0.39, 0.29) is 5.97 Å². The zero-order valence-corrected chi connectivity index (χ0v) is 15.6. The van der Waals surface area contributed by atoms with E-state index in [2.05, 4.69) is 20.4 Å². The van der Waals surface area contributed by atoms with Crippen molar-refractivity contribution in [3.8, 4) is 5.69 Å². The van der Waals surface area contributed by atoms with Gasteiger partial charge in [-0.05, 0) is 50.2 Å². The third-order valence-corrected chi connectivity index (χ3v) is 4.20. The van der Waals surface area contributed by atoms with E-state index in [1.807, 2.05) is 49.4 Å². The summed E-state index contributed by atoms with van der Waals surface area (Å²) in [4.78, 5) is 20.9. The SMILES string of the molecule is CCOC(=O)c1ccc(Nc2nc(C)nc3c2cnn3-c2ccccc2)cc1. The lowest BCUT2D eigenvalue weighted by Crippen LogP contribution is -2.05. The summed E-state index contributed by atoms with van der Waals surface area (Å²) in [6, 6.07) is 16.9. The topological polar surface area (TPSA) is 81.9 Å². The molecule has 0 atom stereocenters. The number of nitrogens with one attached hydrogen (secondary N) is 1. The van der Waals surface area contributed by atoms with E-state index in [1.54, 1.807) is 29.9 Å². The molecular weight excluding hydrogens is 354 g/mol. The highest BCUT2D eigenvalue weighted by molar-refractivity contribution is 5.91. The van der Waals surface area contributed by atoms with Gasteiger partial charge in [0.1, 0.15) is 11.6 Å². The van der Waals surface area contributed by atoms with E-state index >= 15 is 0 Å². The fourth-order valence-corrected chi connectivity index (χ4v) is 2.91. The lowest BCUT2D eigenvalue weighted by molar-refractivity contribution is 0.0526. The van der Waals surface area contributed by atoms with Crippen molar-refractivity contribution in [2.24, 2.45) is 0 Å². The Morgan fingerprint density at radius 1 is 1.07 bits per heavy atom. The maximum atomic E-state index is 11.8. The Labute approximate surface area is 162 Å². The summed E-state index contributed by atoms with van der Waals surface area (Å²) in [6.07, 6.45) is 1.75. The van der Waals surface area contributed by atoms with E-state index in [1.165, 1.54) is 0 Å². The molecule has 0 spiro atoms. The van der Waals surface area contributed by atoms with E-state index in [4.69, 9.17) is 4.74 Å². The summed E-state index contributed by atoms with van der Waals surface area (Å²) in [5, 5.41) is 8.58. The predicted molar refractivity (Wildman–Crippen MR) is 107 cm³/mol. The highest BCUT2D eigenvalue weighted by Gasteiger charge is 2.13. The Kier molecular flexibility index (Phi) is 4.72. The first-order chi connectivity index (χ1) is 13.7. The summed E-state index contributed by atoms with van der Waals surface area (Å²) in [5.41, 5.74) is 2.97. The molecule has 7 heteroatoms. The van der Waals surface area contributed by atoms with Gasteiger partial charge in [-0.1, -0.05) is 18.2 Å². The molecule has 2 heterocycles. The molecule has 0 aliphatic heterocycles. The number of fused-ring (bicyclic) bond motifs is 1. The van der Waals surface area contributed by atoms with Crippen LogP contribution in [0, 0.1) is 6.92 Å². The van der Waals surface area contributed by atoms with Crippen LogP contribution in [0.3, 0.4) is 0 Å². The van der Waals surface area contributed by atoms with Crippen molar-refractivity contribution in [1.82, 2.24) is 19.7 Å². The Hall–Kier alpha value is -3.74. The molecule has 0 saturated carbocycles. The summed E-state index contributed by atoms with van der Waals surface area (Å²) in [5.74, 6) is 0.961. The van der Waals surface area contributed by atoms with Crippen LogP contribution in [0.4, 0.5) is 11.5 Å². The molecule has 0 saturated heterocycles. The molecule has 140 valence electrons. The van der Waals surface area contributed by atoms with Crippen molar-refractivity contribution in [2.75, 3.05) is 11.9 Å². The van der Waals surface area contributed by atoms with Crippen LogP contribution in [0.2, 0.25) is 0 Å². The number of hydrogen-bond donors (Lipinski definition) is 1. The van der Waals surface area contributed by atoms with Gasteiger partial charge < -0.3 is 10.1 Å². The number of esters is 1. The first-order valence-corrected chi connectivity index (χ1v) is 8.97. The largest absolute Gasteiger partial charge is 0.462 e. The second-order valence-electron chi connectivity index (χ2n) is 6.17. The van der Waals surface area contributed by atoms with Crippen molar-refractivity contribution in [1.29, 1.82) is 0 Å². The average molecular weight is 373 g/mol. The molecule has 2 aromatic heterocycles. The summed E-state index contributed by atoms with van der Waals surface area (Å²) < 4.78 is 6.80. The van der Waals surface area contributed by atoms with Crippen molar-refractivity contribution in [2.45, 2.75) is 13.8 Å². The van der Waals surface area contributed by atoms with Gasteiger partial charge in [-0.2, -0.15) is 5.10 Å². The van der Waals surface area contributed by atoms with Crippen LogP contribution in [-0.4, -0.2) is 32.3 Å². The number of carbonyl (C=O) groups excluding carboxylic acids is 1. The predicted octanol–water partition coefficient (Wildman–Crippen LogP) is 4.04. The van der Waals surface area contributed by atoms with E-state index in [9.17, 15) is 4.79 Å². The molecule has 1 N–H and O–H groups in total. The zero-order chi connectivity index (χ0) is 19.5.